The number of aryl methyl sites for hydroxylation is 1. The molecule has 3 aliphatic rings. The van der Waals surface area contributed by atoms with Crippen molar-refractivity contribution < 1.29 is 55.7 Å². The van der Waals surface area contributed by atoms with Crippen molar-refractivity contribution in [1.82, 2.24) is 14.8 Å². The van der Waals surface area contributed by atoms with Gasteiger partial charge in [-0.1, -0.05) is 6.07 Å². The fourth-order valence-electron chi connectivity index (χ4n) is 4.67. The summed E-state index contributed by atoms with van der Waals surface area (Å²) >= 11 is 0. The minimum absolute atomic E-state index is 0.0766. The SMILES string of the molecule is Cc1ccc(C(=O)N2CCC3(CC2)CN(C)CC3COCC2CC2)nc1.O=C(O)C(F)(F)F.O=C(O)C(F)(F)F. The number of pyridine rings is 1. The van der Waals surface area contributed by atoms with Gasteiger partial charge < -0.3 is 24.7 Å². The maximum Gasteiger partial charge on any atom is 0.490 e. The fourth-order valence-corrected chi connectivity index (χ4v) is 4.67. The summed E-state index contributed by atoms with van der Waals surface area (Å²) in [5.74, 6) is -4.01. The second-order valence-electron chi connectivity index (χ2n) is 10.4. The molecule has 1 unspecified atom stereocenters. The minimum Gasteiger partial charge on any atom is -0.475 e. The first-order valence-corrected chi connectivity index (χ1v) is 12.5. The smallest absolute Gasteiger partial charge is 0.475 e. The molecule has 3 heterocycles. The summed E-state index contributed by atoms with van der Waals surface area (Å²) in [4.78, 5) is 39.3. The molecule has 40 heavy (non-hydrogen) atoms. The van der Waals surface area contributed by atoms with Crippen LogP contribution in [0.25, 0.3) is 0 Å². The summed E-state index contributed by atoms with van der Waals surface area (Å²) in [7, 11) is 2.22. The molecule has 4 rings (SSSR count). The van der Waals surface area contributed by atoms with E-state index in [0.29, 0.717) is 17.0 Å². The Kier molecular flexibility index (Phi) is 11.3. The Balaban J connectivity index is 0.000000333. The van der Waals surface area contributed by atoms with Gasteiger partial charge in [-0.05, 0) is 62.6 Å². The van der Waals surface area contributed by atoms with E-state index >= 15 is 0 Å². The van der Waals surface area contributed by atoms with Gasteiger partial charge in [-0.25, -0.2) is 9.59 Å². The first-order valence-electron chi connectivity index (χ1n) is 12.5. The number of rotatable bonds is 5. The van der Waals surface area contributed by atoms with Crippen LogP contribution in [0.5, 0.6) is 0 Å². The number of aromatic nitrogens is 1. The lowest BCUT2D eigenvalue weighted by Crippen LogP contribution is -2.47. The Hall–Kier alpha value is -2.94. The Labute approximate surface area is 227 Å². The highest BCUT2D eigenvalue weighted by molar-refractivity contribution is 5.92. The molecule has 2 aliphatic heterocycles. The molecule has 1 amide bonds. The van der Waals surface area contributed by atoms with Crippen LogP contribution in [0.2, 0.25) is 0 Å². The lowest BCUT2D eigenvalue weighted by atomic mass is 9.71. The second-order valence-corrected chi connectivity index (χ2v) is 10.4. The number of aliphatic carboxylic acids is 2. The van der Waals surface area contributed by atoms with Gasteiger partial charge in [0.15, 0.2) is 0 Å². The number of carbonyl (C=O) groups is 3. The predicted molar refractivity (Wildman–Crippen MR) is 128 cm³/mol. The van der Waals surface area contributed by atoms with Crippen molar-refractivity contribution in [2.24, 2.45) is 17.3 Å². The molecule has 1 saturated carbocycles. The van der Waals surface area contributed by atoms with E-state index < -0.39 is 24.3 Å². The number of amides is 1. The van der Waals surface area contributed by atoms with Gasteiger partial charge in [-0.15, -0.1) is 0 Å². The first kappa shape index (κ1) is 33.3. The quantitative estimate of drug-likeness (QED) is 0.500. The van der Waals surface area contributed by atoms with E-state index in [0.717, 1.165) is 63.7 Å². The molecule has 1 aliphatic carbocycles. The highest BCUT2D eigenvalue weighted by Crippen LogP contribution is 2.44. The molecule has 0 radical (unpaired) electrons. The van der Waals surface area contributed by atoms with Gasteiger partial charge in [0.2, 0.25) is 0 Å². The van der Waals surface area contributed by atoms with Gasteiger partial charge >= 0.3 is 24.3 Å². The summed E-state index contributed by atoms with van der Waals surface area (Å²) in [6.07, 6.45) is -3.55. The molecule has 1 atom stereocenters. The highest BCUT2D eigenvalue weighted by Gasteiger charge is 2.47. The van der Waals surface area contributed by atoms with Crippen molar-refractivity contribution in [3.05, 3.63) is 29.6 Å². The number of nitrogens with zero attached hydrogens (tertiary/aromatic N) is 3. The van der Waals surface area contributed by atoms with Gasteiger partial charge in [-0.3, -0.25) is 9.78 Å². The number of carboxylic acids is 2. The highest BCUT2D eigenvalue weighted by atomic mass is 19.4. The lowest BCUT2D eigenvalue weighted by molar-refractivity contribution is -0.193. The van der Waals surface area contributed by atoms with Crippen LogP contribution in [0.4, 0.5) is 26.3 Å². The summed E-state index contributed by atoms with van der Waals surface area (Å²) in [5, 5.41) is 14.2. The van der Waals surface area contributed by atoms with Crippen LogP contribution in [0, 0.1) is 24.2 Å². The summed E-state index contributed by atoms with van der Waals surface area (Å²) < 4.78 is 69.5. The molecule has 0 aromatic carbocycles. The maximum absolute atomic E-state index is 12.7. The zero-order valence-electron chi connectivity index (χ0n) is 22.1. The zero-order valence-corrected chi connectivity index (χ0v) is 22.1. The van der Waals surface area contributed by atoms with Gasteiger partial charge in [0.25, 0.3) is 5.91 Å². The van der Waals surface area contributed by atoms with Crippen LogP contribution in [0.1, 0.15) is 41.7 Å². The molecule has 1 spiro atoms. The maximum atomic E-state index is 12.7. The third kappa shape index (κ3) is 10.2. The number of ether oxygens (including phenoxy) is 1. The third-order valence-corrected chi connectivity index (χ3v) is 7.01. The Morgan fingerprint density at radius 3 is 1.95 bits per heavy atom. The van der Waals surface area contributed by atoms with Crippen molar-refractivity contribution >= 4 is 17.8 Å². The molecule has 0 bridgehead atoms. The number of hydrogen-bond acceptors (Lipinski definition) is 6. The molecule has 1 aromatic rings. The normalized spacial score (nSPS) is 20.7. The fraction of sp³-hybridized carbons (Fsp3) is 0.680. The summed E-state index contributed by atoms with van der Waals surface area (Å²) in [5.41, 5.74) is 1.97. The third-order valence-electron chi connectivity index (χ3n) is 7.01. The molecule has 1 aromatic heterocycles. The average Bonchev–Trinajstić information content (AvgIpc) is 3.63. The standard InChI is InChI=1S/C21H31N3O2.2C2HF3O2/c1-16-3-6-19(22-11-16)20(25)24-9-7-21(8-10-24)15-23(2)12-18(21)14-26-13-17-4-5-17;2*3-2(4,5)1(6)7/h3,6,11,17-18H,4-5,7-10,12-15H2,1-2H3;2*(H,6,7). The van der Waals surface area contributed by atoms with Gasteiger partial charge in [0.05, 0.1) is 6.61 Å². The number of likely N-dealkylation sites (tertiary alicyclic amines) is 2. The molecule has 3 fully saturated rings. The molecule has 2 saturated heterocycles. The molecule has 9 nitrogen and oxygen atoms in total. The van der Waals surface area contributed by atoms with E-state index in [4.69, 9.17) is 24.5 Å². The number of alkyl halides is 6. The molecule has 2 N–H and O–H groups in total. The molecule has 15 heteroatoms. The number of carbonyl (C=O) groups excluding carboxylic acids is 1. The molecular weight excluding hydrogens is 552 g/mol. The van der Waals surface area contributed by atoms with Crippen molar-refractivity contribution in [3.63, 3.8) is 0 Å². The molecule has 226 valence electrons. The van der Waals surface area contributed by atoms with Crippen molar-refractivity contribution in [1.29, 1.82) is 0 Å². The van der Waals surface area contributed by atoms with Crippen molar-refractivity contribution in [3.8, 4) is 0 Å². The van der Waals surface area contributed by atoms with Gasteiger partial charge in [-0.2, -0.15) is 26.3 Å². The topological polar surface area (TPSA) is 120 Å². The predicted octanol–water partition coefficient (Wildman–Crippen LogP) is 3.87. The second kappa shape index (κ2) is 13.6. The Bertz CT molecular complexity index is 982. The van der Waals surface area contributed by atoms with Crippen LogP contribution < -0.4 is 0 Å². The van der Waals surface area contributed by atoms with Crippen LogP contribution in [-0.4, -0.2) is 102 Å². The van der Waals surface area contributed by atoms with Crippen LogP contribution in [-0.2, 0) is 14.3 Å². The van der Waals surface area contributed by atoms with E-state index in [-0.39, 0.29) is 5.91 Å². The minimum atomic E-state index is -5.08. The van der Waals surface area contributed by atoms with Crippen LogP contribution in [0.15, 0.2) is 18.3 Å². The number of carboxylic acid groups (broad SMARTS) is 2. The van der Waals surface area contributed by atoms with E-state index in [1.807, 2.05) is 24.0 Å². The average molecular weight is 586 g/mol. The Morgan fingerprint density at radius 2 is 1.52 bits per heavy atom. The van der Waals surface area contributed by atoms with Gasteiger partial charge in [0, 0.05) is 44.9 Å². The number of halogens is 6. The number of hydrogen-bond donors (Lipinski definition) is 2. The van der Waals surface area contributed by atoms with E-state index in [2.05, 4.69) is 16.9 Å². The van der Waals surface area contributed by atoms with Gasteiger partial charge in [0.1, 0.15) is 5.69 Å². The van der Waals surface area contributed by atoms with E-state index in [1.54, 1.807) is 6.20 Å². The first-order chi connectivity index (χ1) is 18.4. The summed E-state index contributed by atoms with van der Waals surface area (Å²) in [6, 6.07) is 3.81. The molecular formula is C25H33F6N3O6. The van der Waals surface area contributed by atoms with Crippen LogP contribution in [0.3, 0.4) is 0 Å². The number of piperidine rings is 1. The Morgan fingerprint density at radius 1 is 1.00 bits per heavy atom. The monoisotopic (exact) mass is 585 g/mol. The van der Waals surface area contributed by atoms with Crippen LogP contribution >= 0.6 is 0 Å². The zero-order chi connectivity index (χ0) is 30.3. The summed E-state index contributed by atoms with van der Waals surface area (Å²) in [6.45, 7) is 7.75. The van der Waals surface area contributed by atoms with E-state index in [9.17, 15) is 31.1 Å². The largest absolute Gasteiger partial charge is 0.490 e. The van der Waals surface area contributed by atoms with Crippen molar-refractivity contribution in [2.45, 2.75) is 45.0 Å². The van der Waals surface area contributed by atoms with E-state index in [1.165, 1.54) is 12.8 Å². The van der Waals surface area contributed by atoms with Crippen molar-refractivity contribution in [2.75, 3.05) is 46.4 Å². The lowest BCUT2D eigenvalue weighted by Gasteiger charge is -2.42.